The van der Waals surface area contributed by atoms with Gasteiger partial charge in [-0.1, -0.05) is 0 Å². The first kappa shape index (κ1) is 24.9. The van der Waals surface area contributed by atoms with Gasteiger partial charge in [0, 0.05) is 44.0 Å². The minimum Gasteiger partial charge on any atom is -0.491 e. The first-order valence-electron chi connectivity index (χ1n) is 12.2. The van der Waals surface area contributed by atoms with E-state index in [1.54, 1.807) is 18.2 Å². The number of fused-ring (bicyclic) bond motifs is 3. The molecular weight excluding hydrogens is 482 g/mol. The molecule has 0 atom stereocenters. The average Bonchev–Trinajstić information content (AvgIpc) is 3.48. The second-order valence-electron chi connectivity index (χ2n) is 10.1. The van der Waals surface area contributed by atoms with Gasteiger partial charge in [0.05, 0.1) is 23.6 Å². The SMILES string of the molecule is CC(C)n1ncnc1-c1cn2c(n1)-c1cc(S(=O)(=O)N3CCN(C(C)(C)CO)CC3)ccc1OCC2. The number of imidazole rings is 1. The van der Waals surface area contributed by atoms with Crippen LogP contribution in [-0.2, 0) is 16.6 Å². The van der Waals surface area contributed by atoms with Crippen molar-refractivity contribution in [3.8, 4) is 28.7 Å². The Balaban J connectivity index is 1.47. The van der Waals surface area contributed by atoms with Gasteiger partial charge in [0.2, 0.25) is 10.0 Å². The summed E-state index contributed by atoms with van der Waals surface area (Å²) in [6.07, 6.45) is 3.43. The number of aliphatic hydroxyl groups is 1. The Kier molecular flexibility index (Phi) is 6.39. The van der Waals surface area contributed by atoms with Gasteiger partial charge in [0.1, 0.15) is 30.2 Å². The molecule has 5 rings (SSSR count). The molecule has 0 bridgehead atoms. The zero-order chi connectivity index (χ0) is 25.7. The van der Waals surface area contributed by atoms with Crippen molar-refractivity contribution < 1.29 is 18.3 Å². The Hall–Kier alpha value is -2.80. The van der Waals surface area contributed by atoms with Crippen LogP contribution in [0.3, 0.4) is 0 Å². The monoisotopic (exact) mass is 515 g/mol. The molecule has 0 aliphatic carbocycles. The summed E-state index contributed by atoms with van der Waals surface area (Å²) in [5.41, 5.74) is 0.932. The molecule has 0 saturated carbocycles. The quantitative estimate of drug-likeness (QED) is 0.529. The number of piperazine rings is 1. The van der Waals surface area contributed by atoms with Crippen molar-refractivity contribution >= 4 is 10.0 Å². The summed E-state index contributed by atoms with van der Waals surface area (Å²) in [6, 6.07) is 5.11. The van der Waals surface area contributed by atoms with E-state index < -0.39 is 10.0 Å². The molecule has 3 aromatic rings. The highest BCUT2D eigenvalue weighted by Gasteiger charge is 2.34. The zero-order valence-corrected chi connectivity index (χ0v) is 21.9. The standard InChI is InChI=1S/C24H33N7O4S/c1-17(2)31-23(25-16-26-31)20-14-28-11-12-35-21-6-5-18(13-19(21)22(28)27-20)36(33,34)30-9-7-29(8-10-30)24(3,4)15-32/h5-6,13-14,16-17,32H,7-12,15H2,1-4H3. The minimum absolute atomic E-state index is 0.0205. The highest BCUT2D eigenvalue weighted by molar-refractivity contribution is 7.89. The first-order chi connectivity index (χ1) is 17.1. The Morgan fingerprint density at radius 3 is 2.56 bits per heavy atom. The molecule has 1 fully saturated rings. The van der Waals surface area contributed by atoms with E-state index in [-0.39, 0.29) is 23.1 Å². The Bertz CT molecular complexity index is 1350. The predicted molar refractivity (Wildman–Crippen MR) is 134 cm³/mol. The second-order valence-corrected chi connectivity index (χ2v) is 12.1. The molecule has 1 saturated heterocycles. The molecule has 2 aromatic heterocycles. The summed E-state index contributed by atoms with van der Waals surface area (Å²) >= 11 is 0. The van der Waals surface area contributed by atoms with Crippen LogP contribution in [0.2, 0.25) is 0 Å². The number of benzene rings is 1. The average molecular weight is 516 g/mol. The van der Waals surface area contributed by atoms with Crippen LogP contribution < -0.4 is 4.74 Å². The van der Waals surface area contributed by atoms with Gasteiger partial charge in [0.15, 0.2) is 5.82 Å². The highest BCUT2D eigenvalue weighted by Crippen LogP contribution is 2.36. The molecule has 2 aliphatic rings. The van der Waals surface area contributed by atoms with Gasteiger partial charge in [-0.25, -0.2) is 23.1 Å². The van der Waals surface area contributed by atoms with Crippen molar-refractivity contribution in [3.05, 3.63) is 30.7 Å². The maximum Gasteiger partial charge on any atom is 0.243 e. The molecule has 36 heavy (non-hydrogen) atoms. The maximum absolute atomic E-state index is 13.6. The lowest BCUT2D eigenvalue weighted by Crippen LogP contribution is -2.56. The third-order valence-electron chi connectivity index (χ3n) is 6.97. The predicted octanol–water partition coefficient (Wildman–Crippen LogP) is 1.86. The van der Waals surface area contributed by atoms with Crippen molar-refractivity contribution in [1.29, 1.82) is 0 Å². The van der Waals surface area contributed by atoms with Gasteiger partial charge in [-0.3, -0.25) is 4.90 Å². The Morgan fingerprint density at radius 1 is 1.11 bits per heavy atom. The number of hydrogen-bond acceptors (Lipinski definition) is 8. The van der Waals surface area contributed by atoms with Crippen LogP contribution in [0.1, 0.15) is 33.7 Å². The first-order valence-corrected chi connectivity index (χ1v) is 13.7. The van der Waals surface area contributed by atoms with Crippen LogP contribution in [0.4, 0.5) is 0 Å². The van der Waals surface area contributed by atoms with E-state index in [0.717, 1.165) is 0 Å². The van der Waals surface area contributed by atoms with Crippen LogP contribution in [0.15, 0.2) is 35.6 Å². The van der Waals surface area contributed by atoms with Gasteiger partial charge >= 0.3 is 0 Å². The van der Waals surface area contributed by atoms with Gasteiger partial charge in [-0.2, -0.15) is 9.40 Å². The van der Waals surface area contributed by atoms with Gasteiger partial charge in [-0.05, 0) is 45.9 Å². The summed E-state index contributed by atoms with van der Waals surface area (Å²) in [5, 5.41) is 14.0. The van der Waals surface area contributed by atoms with Crippen molar-refractivity contribution in [2.45, 2.75) is 50.7 Å². The minimum atomic E-state index is -3.71. The fraction of sp³-hybridized carbons (Fsp3) is 0.542. The van der Waals surface area contributed by atoms with Crippen molar-refractivity contribution in [2.75, 3.05) is 39.4 Å². The molecule has 4 heterocycles. The fourth-order valence-electron chi connectivity index (χ4n) is 4.73. The zero-order valence-electron chi connectivity index (χ0n) is 21.1. The molecule has 12 heteroatoms. The van der Waals surface area contributed by atoms with Crippen LogP contribution in [0, 0.1) is 0 Å². The molecule has 1 aromatic carbocycles. The van der Waals surface area contributed by atoms with Gasteiger partial charge in [-0.15, -0.1) is 0 Å². The third kappa shape index (κ3) is 4.32. The number of aliphatic hydroxyl groups excluding tert-OH is 1. The number of nitrogens with zero attached hydrogens (tertiary/aromatic N) is 7. The highest BCUT2D eigenvalue weighted by atomic mass is 32.2. The summed E-state index contributed by atoms with van der Waals surface area (Å²) in [4.78, 5) is 11.6. The number of ether oxygens (including phenoxy) is 1. The number of rotatable bonds is 6. The molecule has 194 valence electrons. The smallest absolute Gasteiger partial charge is 0.243 e. The van der Waals surface area contributed by atoms with E-state index in [0.29, 0.717) is 68.0 Å². The van der Waals surface area contributed by atoms with E-state index in [1.165, 1.54) is 10.6 Å². The maximum atomic E-state index is 13.6. The molecule has 11 nitrogen and oxygen atoms in total. The summed E-state index contributed by atoms with van der Waals surface area (Å²) < 4.78 is 38.4. The molecule has 0 radical (unpaired) electrons. The third-order valence-corrected chi connectivity index (χ3v) is 8.86. The molecule has 0 spiro atoms. The summed E-state index contributed by atoms with van der Waals surface area (Å²) in [7, 11) is -3.71. The lowest BCUT2D eigenvalue weighted by Gasteiger charge is -2.42. The van der Waals surface area contributed by atoms with Crippen molar-refractivity contribution in [2.24, 2.45) is 0 Å². The number of hydrogen-bond donors (Lipinski definition) is 1. The second kappa shape index (κ2) is 9.25. The molecule has 2 aliphatic heterocycles. The Labute approximate surface area is 211 Å². The van der Waals surface area contributed by atoms with Gasteiger partial charge in [0.25, 0.3) is 0 Å². The summed E-state index contributed by atoms with van der Waals surface area (Å²) in [6.45, 7) is 10.9. The van der Waals surface area contributed by atoms with Crippen LogP contribution >= 0.6 is 0 Å². The Morgan fingerprint density at radius 2 is 1.86 bits per heavy atom. The molecule has 1 N–H and O–H groups in total. The number of aromatic nitrogens is 5. The van der Waals surface area contributed by atoms with Crippen molar-refractivity contribution in [1.82, 2.24) is 33.5 Å². The molecule has 0 amide bonds. The van der Waals surface area contributed by atoms with Crippen molar-refractivity contribution in [3.63, 3.8) is 0 Å². The lowest BCUT2D eigenvalue weighted by atomic mass is 10.0. The van der Waals surface area contributed by atoms with Crippen LogP contribution in [0.25, 0.3) is 22.9 Å². The summed E-state index contributed by atoms with van der Waals surface area (Å²) in [5.74, 6) is 1.91. The van der Waals surface area contributed by atoms with E-state index in [1.807, 2.05) is 43.1 Å². The topological polar surface area (TPSA) is 119 Å². The fourth-order valence-corrected chi connectivity index (χ4v) is 6.18. The molecular formula is C24H33N7O4S. The lowest BCUT2D eigenvalue weighted by molar-refractivity contribution is 0.0334. The normalized spacial score (nSPS) is 17.5. The van der Waals surface area contributed by atoms with Crippen LogP contribution in [0.5, 0.6) is 5.75 Å². The van der Waals surface area contributed by atoms with E-state index in [2.05, 4.69) is 15.0 Å². The largest absolute Gasteiger partial charge is 0.491 e. The van der Waals surface area contributed by atoms with Gasteiger partial charge < -0.3 is 14.4 Å². The van der Waals surface area contributed by atoms with Crippen LogP contribution in [-0.4, -0.2) is 92.0 Å². The molecule has 0 unspecified atom stereocenters. The van der Waals surface area contributed by atoms with E-state index in [4.69, 9.17) is 9.72 Å². The van der Waals surface area contributed by atoms with E-state index >= 15 is 0 Å². The number of sulfonamides is 1. The van der Waals surface area contributed by atoms with E-state index in [9.17, 15) is 13.5 Å².